The molecule has 0 aliphatic carbocycles. The summed E-state index contributed by atoms with van der Waals surface area (Å²) in [4.78, 5) is 0. The topological polar surface area (TPSA) is 37.2 Å². The molecular formula is C15H22N2O. The van der Waals surface area contributed by atoms with Gasteiger partial charge in [-0.25, -0.2) is 0 Å². The van der Waals surface area contributed by atoms with Gasteiger partial charge in [0.15, 0.2) is 0 Å². The molecule has 0 amide bonds. The van der Waals surface area contributed by atoms with Gasteiger partial charge in [-0.05, 0) is 38.4 Å². The first-order valence-electron chi connectivity index (χ1n) is 6.53. The van der Waals surface area contributed by atoms with Gasteiger partial charge >= 0.3 is 0 Å². The first kappa shape index (κ1) is 13.1. The number of fused-ring (bicyclic) bond motifs is 1. The Morgan fingerprint density at radius 1 is 1.33 bits per heavy atom. The molecule has 1 heterocycles. The molecule has 1 aromatic carbocycles. The average Bonchev–Trinajstić information content (AvgIpc) is 2.59. The minimum atomic E-state index is -0.230. The molecule has 0 saturated carbocycles. The fourth-order valence-electron chi connectivity index (χ4n) is 2.40. The highest BCUT2D eigenvalue weighted by atomic mass is 16.3. The molecule has 98 valence electrons. The van der Waals surface area contributed by atoms with Crippen molar-refractivity contribution in [1.82, 2.24) is 9.88 Å². The maximum atomic E-state index is 9.23. The van der Waals surface area contributed by atoms with Crippen LogP contribution in [-0.2, 0) is 13.6 Å². The third-order valence-electron chi connectivity index (χ3n) is 3.54. The first-order valence-corrected chi connectivity index (χ1v) is 6.53. The molecule has 18 heavy (non-hydrogen) atoms. The Kier molecular flexibility index (Phi) is 4.04. The Bertz CT molecular complexity index is 490. The number of nitrogens with one attached hydrogen (secondary N) is 1. The molecule has 2 aromatic rings. The van der Waals surface area contributed by atoms with E-state index >= 15 is 0 Å². The lowest BCUT2D eigenvalue weighted by Gasteiger charge is -2.09. The van der Waals surface area contributed by atoms with Crippen molar-refractivity contribution in [3.05, 3.63) is 35.5 Å². The number of aromatic nitrogens is 1. The van der Waals surface area contributed by atoms with Gasteiger partial charge in [-0.1, -0.05) is 18.2 Å². The minimum absolute atomic E-state index is 0.230. The van der Waals surface area contributed by atoms with Crippen LogP contribution in [0, 0.1) is 6.92 Å². The molecule has 2 N–H and O–H groups in total. The number of aliphatic hydroxyl groups is 1. The van der Waals surface area contributed by atoms with Gasteiger partial charge in [0.05, 0.1) is 6.10 Å². The quantitative estimate of drug-likeness (QED) is 0.795. The van der Waals surface area contributed by atoms with Gasteiger partial charge in [0, 0.05) is 30.2 Å². The molecule has 1 aromatic heterocycles. The second-order valence-electron chi connectivity index (χ2n) is 4.96. The van der Waals surface area contributed by atoms with Gasteiger partial charge in [-0.3, -0.25) is 0 Å². The van der Waals surface area contributed by atoms with E-state index in [0.29, 0.717) is 0 Å². The Labute approximate surface area is 108 Å². The van der Waals surface area contributed by atoms with Crippen molar-refractivity contribution in [3.63, 3.8) is 0 Å². The van der Waals surface area contributed by atoms with E-state index < -0.39 is 0 Å². The molecule has 3 nitrogen and oxygen atoms in total. The third-order valence-corrected chi connectivity index (χ3v) is 3.54. The van der Waals surface area contributed by atoms with Crippen LogP contribution in [0.15, 0.2) is 24.3 Å². The van der Waals surface area contributed by atoms with E-state index in [4.69, 9.17) is 0 Å². The van der Waals surface area contributed by atoms with Gasteiger partial charge in [-0.15, -0.1) is 0 Å². The Hall–Kier alpha value is -1.32. The normalized spacial score (nSPS) is 13.1. The maximum Gasteiger partial charge on any atom is 0.0524 e. The smallest absolute Gasteiger partial charge is 0.0524 e. The number of rotatable bonds is 5. The fraction of sp³-hybridized carbons (Fsp3) is 0.467. The van der Waals surface area contributed by atoms with Crippen molar-refractivity contribution >= 4 is 10.9 Å². The van der Waals surface area contributed by atoms with E-state index in [1.54, 1.807) is 0 Å². The summed E-state index contributed by atoms with van der Waals surface area (Å²) in [5, 5.41) is 13.9. The largest absolute Gasteiger partial charge is 0.393 e. The van der Waals surface area contributed by atoms with Crippen LogP contribution in [0.25, 0.3) is 10.9 Å². The number of nitrogens with zero attached hydrogens (tertiary/aromatic N) is 1. The summed E-state index contributed by atoms with van der Waals surface area (Å²) >= 11 is 0. The van der Waals surface area contributed by atoms with E-state index in [1.165, 1.54) is 22.2 Å². The van der Waals surface area contributed by atoms with Gasteiger partial charge in [0.2, 0.25) is 0 Å². The standard InChI is InChI=1S/C15H22N2O/c1-11(18)8-9-16-10-15-12(2)13-6-4-5-7-14(13)17(15)3/h4-7,11,16,18H,8-10H2,1-3H3. The number of para-hydroxylation sites is 1. The summed E-state index contributed by atoms with van der Waals surface area (Å²) < 4.78 is 2.25. The van der Waals surface area contributed by atoms with Crippen molar-refractivity contribution in [1.29, 1.82) is 0 Å². The Balaban J connectivity index is 2.13. The van der Waals surface area contributed by atoms with E-state index in [9.17, 15) is 5.11 Å². The minimum Gasteiger partial charge on any atom is -0.393 e. The predicted octanol–water partition coefficient (Wildman–Crippen LogP) is 2.35. The van der Waals surface area contributed by atoms with Crippen molar-refractivity contribution in [2.24, 2.45) is 7.05 Å². The summed E-state index contributed by atoms with van der Waals surface area (Å²) in [6.07, 6.45) is 0.564. The van der Waals surface area contributed by atoms with Crippen molar-refractivity contribution in [2.75, 3.05) is 6.54 Å². The fourth-order valence-corrected chi connectivity index (χ4v) is 2.40. The number of aliphatic hydroxyl groups excluding tert-OH is 1. The Morgan fingerprint density at radius 2 is 2.06 bits per heavy atom. The zero-order valence-corrected chi connectivity index (χ0v) is 11.4. The lowest BCUT2D eigenvalue weighted by atomic mass is 10.1. The molecular weight excluding hydrogens is 224 g/mol. The van der Waals surface area contributed by atoms with E-state index in [0.717, 1.165) is 19.5 Å². The van der Waals surface area contributed by atoms with Gasteiger partial charge in [-0.2, -0.15) is 0 Å². The highest BCUT2D eigenvalue weighted by Crippen LogP contribution is 2.24. The number of hydrogen-bond acceptors (Lipinski definition) is 2. The first-order chi connectivity index (χ1) is 8.61. The van der Waals surface area contributed by atoms with Crippen LogP contribution in [0.1, 0.15) is 24.6 Å². The van der Waals surface area contributed by atoms with Crippen molar-refractivity contribution in [2.45, 2.75) is 32.9 Å². The van der Waals surface area contributed by atoms with Crippen LogP contribution >= 0.6 is 0 Å². The van der Waals surface area contributed by atoms with Crippen molar-refractivity contribution in [3.8, 4) is 0 Å². The molecule has 0 radical (unpaired) electrons. The van der Waals surface area contributed by atoms with Crippen molar-refractivity contribution < 1.29 is 5.11 Å². The molecule has 0 saturated heterocycles. The van der Waals surface area contributed by atoms with Crippen LogP contribution in [0.3, 0.4) is 0 Å². The lowest BCUT2D eigenvalue weighted by molar-refractivity contribution is 0.183. The monoisotopic (exact) mass is 246 g/mol. The summed E-state index contributed by atoms with van der Waals surface area (Å²) in [5.41, 5.74) is 3.95. The summed E-state index contributed by atoms with van der Waals surface area (Å²) in [5.74, 6) is 0. The zero-order chi connectivity index (χ0) is 13.1. The molecule has 0 aliphatic heterocycles. The molecule has 1 unspecified atom stereocenters. The molecule has 0 bridgehead atoms. The van der Waals surface area contributed by atoms with E-state index in [2.05, 4.69) is 48.1 Å². The maximum absolute atomic E-state index is 9.23. The second-order valence-corrected chi connectivity index (χ2v) is 4.96. The number of benzene rings is 1. The van der Waals surface area contributed by atoms with Crippen LogP contribution in [0.2, 0.25) is 0 Å². The van der Waals surface area contributed by atoms with Crippen LogP contribution in [0.5, 0.6) is 0 Å². The summed E-state index contributed by atoms with van der Waals surface area (Å²) in [7, 11) is 2.11. The highest BCUT2D eigenvalue weighted by molar-refractivity contribution is 5.85. The van der Waals surface area contributed by atoms with Gasteiger partial charge < -0.3 is 15.0 Å². The molecule has 0 fully saturated rings. The third kappa shape index (κ3) is 2.57. The predicted molar refractivity (Wildman–Crippen MR) is 75.7 cm³/mol. The van der Waals surface area contributed by atoms with Gasteiger partial charge in [0.1, 0.15) is 0 Å². The average molecular weight is 246 g/mol. The number of aryl methyl sites for hydroxylation is 2. The highest BCUT2D eigenvalue weighted by Gasteiger charge is 2.10. The van der Waals surface area contributed by atoms with Crippen LogP contribution in [0.4, 0.5) is 0 Å². The summed E-state index contributed by atoms with van der Waals surface area (Å²) in [6.45, 7) is 5.69. The summed E-state index contributed by atoms with van der Waals surface area (Å²) in [6, 6.07) is 8.48. The second kappa shape index (κ2) is 5.55. The molecule has 0 aliphatic rings. The molecule has 0 spiro atoms. The molecule has 1 atom stereocenters. The van der Waals surface area contributed by atoms with Crippen LogP contribution in [-0.4, -0.2) is 22.3 Å². The molecule has 2 rings (SSSR count). The lowest BCUT2D eigenvalue weighted by Crippen LogP contribution is -2.20. The SMILES string of the molecule is Cc1c(CNCCC(C)O)n(C)c2ccccc12. The molecule has 3 heteroatoms. The zero-order valence-electron chi connectivity index (χ0n) is 11.4. The van der Waals surface area contributed by atoms with E-state index in [1.807, 2.05) is 6.92 Å². The number of hydrogen-bond donors (Lipinski definition) is 2. The van der Waals surface area contributed by atoms with E-state index in [-0.39, 0.29) is 6.10 Å². The Morgan fingerprint density at radius 3 is 2.72 bits per heavy atom. The van der Waals surface area contributed by atoms with Crippen LogP contribution < -0.4 is 5.32 Å². The van der Waals surface area contributed by atoms with Gasteiger partial charge in [0.25, 0.3) is 0 Å².